The predicted molar refractivity (Wildman–Crippen MR) is 107 cm³/mol. The van der Waals surface area contributed by atoms with Gasteiger partial charge in [0, 0.05) is 36.1 Å². The molecule has 0 amide bonds. The van der Waals surface area contributed by atoms with Crippen molar-refractivity contribution in [3.05, 3.63) is 65.3 Å². The second-order valence-corrected chi connectivity index (χ2v) is 7.06. The summed E-state index contributed by atoms with van der Waals surface area (Å²) >= 11 is 0. The average molecular weight is 369 g/mol. The molecule has 0 aliphatic carbocycles. The van der Waals surface area contributed by atoms with Crippen molar-refractivity contribution in [2.45, 2.75) is 33.6 Å². The lowest BCUT2D eigenvalue weighted by Gasteiger charge is -2.08. The summed E-state index contributed by atoms with van der Waals surface area (Å²) in [5.74, 6) is 0.810. The molecule has 0 fully saturated rings. The molecule has 138 valence electrons. The lowest BCUT2D eigenvalue weighted by Crippen LogP contribution is -2.01. The Bertz CT molecular complexity index is 1310. The molecule has 0 aliphatic rings. The lowest BCUT2D eigenvalue weighted by atomic mass is 10.1. The molecular weight excluding hydrogens is 350 g/mol. The first-order valence-electron chi connectivity index (χ1n) is 9.28. The van der Waals surface area contributed by atoms with Crippen molar-refractivity contribution in [1.29, 1.82) is 0 Å². The molecule has 4 aromatic heterocycles. The van der Waals surface area contributed by atoms with Crippen LogP contribution in [0.25, 0.3) is 27.6 Å². The van der Waals surface area contributed by atoms with E-state index >= 15 is 0 Å². The highest BCUT2D eigenvalue weighted by Gasteiger charge is 2.12. The number of hydrogen-bond acceptors (Lipinski definition) is 6. The molecule has 7 heteroatoms. The second-order valence-electron chi connectivity index (χ2n) is 7.06. The van der Waals surface area contributed by atoms with Gasteiger partial charge in [0.2, 0.25) is 0 Å². The Morgan fingerprint density at radius 3 is 2.57 bits per heavy atom. The van der Waals surface area contributed by atoms with Crippen molar-refractivity contribution >= 4 is 27.6 Å². The Morgan fingerprint density at radius 2 is 1.71 bits per heavy atom. The number of aryl methyl sites for hydroxylation is 5. The number of nitrogens with zero attached hydrogens (tertiary/aromatic N) is 7. The molecule has 0 bridgehead atoms. The molecule has 5 aromatic rings. The molecule has 1 aromatic carbocycles. The third-order valence-electron chi connectivity index (χ3n) is 5.07. The van der Waals surface area contributed by atoms with Gasteiger partial charge in [0.1, 0.15) is 0 Å². The van der Waals surface area contributed by atoms with Gasteiger partial charge in [-0.25, -0.2) is 9.50 Å². The number of aromatic nitrogens is 7. The summed E-state index contributed by atoms with van der Waals surface area (Å²) in [5, 5.41) is 5.68. The van der Waals surface area contributed by atoms with Gasteiger partial charge in [-0.3, -0.25) is 19.9 Å². The van der Waals surface area contributed by atoms with E-state index in [1.807, 2.05) is 36.7 Å². The van der Waals surface area contributed by atoms with Gasteiger partial charge in [0.25, 0.3) is 0 Å². The molecule has 28 heavy (non-hydrogen) atoms. The van der Waals surface area contributed by atoms with Gasteiger partial charge < -0.3 is 0 Å². The number of benzene rings is 1. The summed E-state index contributed by atoms with van der Waals surface area (Å²) in [4.78, 5) is 22.8. The van der Waals surface area contributed by atoms with Gasteiger partial charge in [0.05, 0.1) is 27.9 Å². The molecule has 0 atom stereocenters. The summed E-state index contributed by atoms with van der Waals surface area (Å²) < 4.78 is 1.86. The zero-order valence-corrected chi connectivity index (χ0v) is 16.0. The summed E-state index contributed by atoms with van der Waals surface area (Å²) in [5.41, 5.74) is 7.60. The van der Waals surface area contributed by atoms with E-state index in [1.165, 1.54) is 0 Å². The molecule has 0 saturated carbocycles. The monoisotopic (exact) mass is 369 g/mol. The topological polar surface area (TPSA) is 81.8 Å². The first kappa shape index (κ1) is 16.7. The molecule has 0 aliphatic heterocycles. The van der Waals surface area contributed by atoms with Crippen LogP contribution in [0.1, 0.15) is 28.5 Å². The zero-order valence-electron chi connectivity index (χ0n) is 16.0. The molecule has 7 nitrogen and oxygen atoms in total. The minimum atomic E-state index is 0.729. The van der Waals surface area contributed by atoms with E-state index in [4.69, 9.17) is 4.98 Å². The Morgan fingerprint density at radius 1 is 0.893 bits per heavy atom. The number of rotatable bonds is 3. The summed E-state index contributed by atoms with van der Waals surface area (Å²) in [7, 11) is 0. The van der Waals surface area contributed by atoms with Crippen LogP contribution in [0.4, 0.5) is 0 Å². The Balaban J connectivity index is 1.50. The van der Waals surface area contributed by atoms with E-state index < -0.39 is 0 Å². The van der Waals surface area contributed by atoms with Crippen molar-refractivity contribution < 1.29 is 0 Å². The number of pyridine rings is 1. The third-order valence-corrected chi connectivity index (χ3v) is 5.07. The second kappa shape index (κ2) is 6.30. The van der Waals surface area contributed by atoms with E-state index in [0.29, 0.717) is 0 Å². The molecule has 4 heterocycles. The Labute approximate surface area is 161 Å². The van der Waals surface area contributed by atoms with Crippen LogP contribution in [-0.4, -0.2) is 34.5 Å². The predicted octanol–water partition coefficient (Wildman–Crippen LogP) is 3.33. The first-order valence-corrected chi connectivity index (χ1v) is 9.28. The first-order chi connectivity index (χ1) is 13.6. The Hall–Kier alpha value is -3.48. The van der Waals surface area contributed by atoms with Crippen LogP contribution in [0.15, 0.2) is 36.8 Å². The van der Waals surface area contributed by atoms with Crippen LogP contribution in [-0.2, 0) is 12.8 Å². The van der Waals surface area contributed by atoms with Crippen molar-refractivity contribution in [3.63, 3.8) is 0 Å². The van der Waals surface area contributed by atoms with Gasteiger partial charge in [-0.2, -0.15) is 5.10 Å². The van der Waals surface area contributed by atoms with Crippen LogP contribution >= 0.6 is 0 Å². The maximum absolute atomic E-state index is 4.89. The fourth-order valence-electron chi connectivity index (χ4n) is 3.55. The fourth-order valence-corrected chi connectivity index (χ4v) is 3.55. The largest absolute Gasteiger partial charge is 0.256 e. The summed E-state index contributed by atoms with van der Waals surface area (Å²) in [6.07, 6.45) is 6.77. The molecule has 0 N–H and O–H groups in total. The van der Waals surface area contributed by atoms with E-state index in [1.54, 1.807) is 12.4 Å². The van der Waals surface area contributed by atoms with Crippen LogP contribution in [0, 0.1) is 20.8 Å². The van der Waals surface area contributed by atoms with Crippen molar-refractivity contribution in [2.24, 2.45) is 0 Å². The molecule has 0 saturated heterocycles. The molecule has 0 unspecified atom stereocenters. The normalized spacial score (nSPS) is 11.7. The summed E-state index contributed by atoms with van der Waals surface area (Å²) in [6.45, 7) is 6.03. The summed E-state index contributed by atoms with van der Waals surface area (Å²) in [6, 6.07) is 6.14. The van der Waals surface area contributed by atoms with Gasteiger partial charge in [-0.1, -0.05) is 0 Å². The molecule has 0 spiro atoms. The van der Waals surface area contributed by atoms with Gasteiger partial charge in [-0.05, 0) is 51.0 Å². The SMILES string of the molecule is Cc1cc2c(ccc3nccnc32)nc1CCc1nc2c(C)ncc(C)n2n1. The lowest BCUT2D eigenvalue weighted by molar-refractivity contribution is 0.805. The van der Waals surface area contributed by atoms with Gasteiger partial charge in [-0.15, -0.1) is 0 Å². The van der Waals surface area contributed by atoms with Gasteiger partial charge in [0.15, 0.2) is 11.5 Å². The highest BCUT2D eigenvalue weighted by molar-refractivity contribution is 6.02. The molecular formula is C21H19N7. The maximum Gasteiger partial charge on any atom is 0.177 e. The standard InChI is InChI=1S/C21H19N7/c1-12-10-15-17(4-5-18-20(15)23-9-8-22-18)25-16(12)6-7-19-26-21-14(3)24-11-13(2)28(21)27-19/h4-5,8-11H,6-7H2,1-3H3. The van der Waals surface area contributed by atoms with Crippen LogP contribution in [0.2, 0.25) is 0 Å². The number of hydrogen-bond donors (Lipinski definition) is 0. The van der Waals surface area contributed by atoms with Crippen molar-refractivity contribution in [1.82, 2.24) is 34.5 Å². The highest BCUT2D eigenvalue weighted by atomic mass is 15.3. The molecule has 5 rings (SSSR count). The minimum Gasteiger partial charge on any atom is -0.256 e. The van der Waals surface area contributed by atoms with Crippen LogP contribution in [0.5, 0.6) is 0 Å². The van der Waals surface area contributed by atoms with Gasteiger partial charge >= 0.3 is 0 Å². The van der Waals surface area contributed by atoms with Crippen molar-refractivity contribution in [3.8, 4) is 0 Å². The Kier molecular flexibility index (Phi) is 3.75. The van der Waals surface area contributed by atoms with E-state index in [-0.39, 0.29) is 0 Å². The highest BCUT2D eigenvalue weighted by Crippen LogP contribution is 2.24. The average Bonchev–Trinajstić information content (AvgIpc) is 3.15. The fraction of sp³-hybridized carbons (Fsp3) is 0.238. The number of fused-ring (bicyclic) bond motifs is 4. The minimum absolute atomic E-state index is 0.729. The van der Waals surface area contributed by atoms with Crippen LogP contribution in [0.3, 0.4) is 0 Å². The maximum atomic E-state index is 4.89. The zero-order chi connectivity index (χ0) is 19.3. The van der Waals surface area contributed by atoms with E-state index in [9.17, 15) is 0 Å². The smallest absolute Gasteiger partial charge is 0.177 e. The van der Waals surface area contributed by atoms with Crippen molar-refractivity contribution in [2.75, 3.05) is 0 Å². The third kappa shape index (κ3) is 2.67. The molecule has 0 radical (unpaired) electrons. The van der Waals surface area contributed by atoms with E-state index in [2.05, 4.69) is 38.0 Å². The van der Waals surface area contributed by atoms with E-state index in [0.717, 1.165) is 68.9 Å². The quantitative estimate of drug-likeness (QED) is 0.454. The van der Waals surface area contributed by atoms with Crippen LogP contribution < -0.4 is 0 Å².